The first kappa shape index (κ1) is 12.0. The van der Waals surface area contributed by atoms with Crippen molar-refractivity contribution in [3.63, 3.8) is 0 Å². The third kappa shape index (κ3) is 3.24. The van der Waals surface area contributed by atoms with E-state index in [0.717, 1.165) is 24.3 Å². The number of hydrogen-bond donors (Lipinski definition) is 1. The third-order valence-electron chi connectivity index (χ3n) is 2.75. The lowest BCUT2D eigenvalue weighted by Crippen LogP contribution is -2.27. The molecule has 0 radical (unpaired) electrons. The molecule has 2 rings (SSSR count). The van der Waals surface area contributed by atoms with Crippen LogP contribution in [0.25, 0.3) is 0 Å². The zero-order chi connectivity index (χ0) is 12.1. The van der Waals surface area contributed by atoms with E-state index in [-0.39, 0.29) is 11.2 Å². The van der Waals surface area contributed by atoms with Crippen LogP contribution < -0.4 is 5.32 Å². The molecule has 1 atom stereocenters. The number of benzene rings is 1. The van der Waals surface area contributed by atoms with Gasteiger partial charge in [-0.2, -0.15) is 5.26 Å². The summed E-state index contributed by atoms with van der Waals surface area (Å²) < 4.78 is 0. The summed E-state index contributed by atoms with van der Waals surface area (Å²) in [4.78, 5) is 11.9. The van der Waals surface area contributed by atoms with Crippen molar-refractivity contribution in [1.29, 1.82) is 5.26 Å². The molecule has 0 aromatic heterocycles. The van der Waals surface area contributed by atoms with Crippen LogP contribution in [0.3, 0.4) is 0 Å². The quantitative estimate of drug-likeness (QED) is 0.873. The maximum Gasteiger partial charge on any atom is 0.237 e. The highest BCUT2D eigenvalue weighted by Gasteiger charge is 2.21. The van der Waals surface area contributed by atoms with E-state index in [1.807, 2.05) is 0 Å². The molecule has 1 amide bonds. The molecule has 1 N–H and O–H groups in total. The Morgan fingerprint density at radius 1 is 1.35 bits per heavy atom. The van der Waals surface area contributed by atoms with Gasteiger partial charge in [0.15, 0.2) is 0 Å². The van der Waals surface area contributed by atoms with Crippen LogP contribution in [0.1, 0.15) is 24.8 Å². The fourth-order valence-corrected chi connectivity index (χ4v) is 3.00. The Labute approximate surface area is 105 Å². The number of carbonyl (C=O) groups excluding carboxylic acids is 1. The zero-order valence-electron chi connectivity index (χ0n) is 9.48. The Kier molecular flexibility index (Phi) is 4.05. The van der Waals surface area contributed by atoms with Crippen LogP contribution in [0.15, 0.2) is 24.3 Å². The van der Waals surface area contributed by atoms with Crippen LogP contribution in [0.4, 0.5) is 5.69 Å². The molecule has 1 aromatic carbocycles. The van der Waals surface area contributed by atoms with Crippen molar-refractivity contribution in [3.8, 4) is 6.07 Å². The van der Waals surface area contributed by atoms with Gasteiger partial charge in [0, 0.05) is 5.69 Å². The molecule has 0 saturated carbocycles. The summed E-state index contributed by atoms with van der Waals surface area (Å²) in [5, 5.41) is 11.7. The molecule has 0 aliphatic carbocycles. The molecule has 0 spiro atoms. The van der Waals surface area contributed by atoms with E-state index in [2.05, 4.69) is 11.4 Å². The Bertz CT molecular complexity index is 430. The van der Waals surface area contributed by atoms with Gasteiger partial charge in [-0.3, -0.25) is 4.79 Å². The minimum Gasteiger partial charge on any atom is -0.325 e. The van der Waals surface area contributed by atoms with Crippen molar-refractivity contribution in [2.24, 2.45) is 0 Å². The molecular formula is C13H14N2OS. The summed E-state index contributed by atoms with van der Waals surface area (Å²) in [6.07, 6.45) is 3.32. The second kappa shape index (κ2) is 5.74. The summed E-state index contributed by atoms with van der Waals surface area (Å²) in [5.74, 6) is 1.16. The first-order valence-corrected chi connectivity index (χ1v) is 6.77. The molecule has 1 aliphatic rings. The molecule has 17 heavy (non-hydrogen) atoms. The predicted molar refractivity (Wildman–Crippen MR) is 69.9 cm³/mol. The van der Waals surface area contributed by atoms with Gasteiger partial charge < -0.3 is 5.32 Å². The molecule has 1 saturated heterocycles. The van der Waals surface area contributed by atoms with Gasteiger partial charge >= 0.3 is 0 Å². The SMILES string of the molecule is N#Cc1ccc(NC(=O)C2CCCCS2)cc1. The molecule has 3 nitrogen and oxygen atoms in total. The van der Waals surface area contributed by atoms with Gasteiger partial charge in [0.1, 0.15) is 0 Å². The van der Waals surface area contributed by atoms with Crippen LogP contribution in [-0.2, 0) is 4.79 Å². The van der Waals surface area contributed by atoms with Gasteiger partial charge in [-0.15, -0.1) is 11.8 Å². The Morgan fingerprint density at radius 3 is 2.71 bits per heavy atom. The smallest absolute Gasteiger partial charge is 0.237 e. The highest BCUT2D eigenvalue weighted by Crippen LogP contribution is 2.26. The number of anilines is 1. The van der Waals surface area contributed by atoms with E-state index in [1.54, 1.807) is 36.0 Å². The lowest BCUT2D eigenvalue weighted by molar-refractivity contribution is -0.115. The average molecular weight is 246 g/mol. The molecule has 0 bridgehead atoms. The maximum absolute atomic E-state index is 11.9. The van der Waals surface area contributed by atoms with Crippen LogP contribution in [0.2, 0.25) is 0 Å². The van der Waals surface area contributed by atoms with Crippen molar-refractivity contribution in [2.75, 3.05) is 11.1 Å². The van der Waals surface area contributed by atoms with E-state index in [4.69, 9.17) is 5.26 Å². The summed E-state index contributed by atoms with van der Waals surface area (Å²) in [6.45, 7) is 0. The second-order valence-corrected chi connectivity index (χ2v) is 5.34. The fourth-order valence-electron chi connectivity index (χ4n) is 1.80. The monoisotopic (exact) mass is 246 g/mol. The van der Waals surface area contributed by atoms with Gasteiger partial charge in [-0.05, 0) is 42.9 Å². The van der Waals surface area contributed by atoms with Crippen LogP contribution >= 0.6 is 11.8 Å². The van der Waals surface area contributed by atoms with Crippen molar-refractivity contribution in [3.05, 3.63) is 29.8 Å². The maximum atomic E-state index is 11.9. The van der Waals surface area contributed by atoms with E-state index in [0.29, 0.717) is 5.56 Å². The van der Waals surface area contributed by atoms with Gasteiger partial charge in [-0.1, -0.05) is 6.42 Å². The molecule has 1 aliphatic heterocycles. The number of nitrogens with one attached hydrogen (secondary N) is 1. The zero-order valence-corrected chi connectivity index (χ0v) is 10.3. The number of rotatable bonds is 2. The lowest BCUT2D eigenvalue weighted by Gasteiger charge is -2.20. The number of nitriles is 1. The van der Waals surface area contributed by atoms with Gasteiger partial charge in [0.25, 0.3) is 0 Å². The van der Waals surface area contributed by atoms with Crippen LogP contribution in [0.5, 0.6) is 0 Å². The number of nitrogens with zero attached hydrogens (tertiary/aromatic N) is 1. The largest absolute Gasteiger partial charge is 0.325 e. The highest BCUT2D eigenvalue weighted by atomic mass is 32.2. The number of amides is 1. The van der Waals surface area contributed by atoms with Crippen LogP contribution in [-0.4, -0.2) is 16.9 Å². The Morgan fingerprint density at radius 2 is 2.12 bits per heavy atom. The van der Waals surface area contributed by atoms with E-state index in [1.165, 1.54) is 6.42 Å². The van der Waals surface area contributed by atoms with Crippen molar-refractivity contribution >= 4 is 23.4 Å². The molecule has 1 heterocycles. The average Bonchev–Trinajstić information content (AvgIpc) is 2.40. The Hall–Kier alpha value is -1.47. The molecule has 88 valence electrons. The summed E-state index contributed by atoms with van der Waals surface area (Å²) in [5.41, 5.74) is 1.37. The van der Waals surface area contributed by atoms with Crippen LogP contribution in [0, 0.1) is 11.3 Å². The van der Waals surface area contributed by atoms with E-state index in [9.17, 15) is 4.79 Å². The molecule has 1 unspecified atom stereocenters. The second-order valence-electron chi connectivity index (χ2n) is 4.03. The molecule has 1 fully saturated rings. The first-order valence-electron chi connectivity index (χ1n) is 5.72. The standard InChI is InChI=1S/C13H14N2OS/c14-9-10-4-6-11(7-5-10)15-13(16)12-3-1-2-8-17-12/h4-7,12H,1-3,8H2,(H,15,16). The summed E-state index contributed by atoms with van der Waals surface area (Å²) >= 11 is 1.73. The fraction of sp³-hybridized carbons (Fsp3) is 0.385. The molecule has 1 aromatic rings. The summed E-state index contributed by atoms with van der Waals surface area (Å²) in [6, 6.07) is 9.01. The van der Waals surface area contributed by atoms with Crippen molar-refractivity contribution in [2.45, 2.75) is 24.5 Å². The van der Waals surface area contributed by atoms with Crippen molar-refractivity contribution < 1.29 is 4.79 Å². The number of thioether (sulfide) groups is 1. The van der Waals surface area contributed by atoms with Gasteiger partial charge in [-0.25, -0.2) is 0 Å². The van der Waals surface area contributed by atoms with E-state index >= 15 is 0 Å². The minimum absolute atomic E-state index is 0.0828. The molecular weight excluding hydrogens is 232 g/mol. The first-order chi connectivity index (χ1) is 8.29. The molecule has 4 heteroatoms. The highest BCUT2D eigenvalue weighted by molar-refractivity contribution is 8.00. The van der Waals surface area contributed by atoms with Gasteiger partial charge in [0.05, 0.1) is 16.9 Å². The minimum atomic E-state index is 0.0828. The van der Waals surface area contributed by atoms with Gasteiger partial charge in [0.2, 0.25) is 5.91 Å². The number of carbonyl (C=O) groups is 1. The normalized spacial score (nSPS) is 19.4. The topological polar surface area (TPSA) is 52.9 Å². The lowest BCUT2D eigenvalue weighted by atomic mass is 10.1. The van der Waals surface area contributed by atoms with E-state index < -0.39 is 0 Å². The predicted octanol–water partition coefficient (Wildman–Crippen LogP) is 2.78. The van der Waals surface area contributed by atoms with Crippen molar-refractivity contribution in [1.82, 2.24) is 0 Å². The Balaban J connectivity index is 1.95. The number of hydrogen-bond acceptors (Lipinski definition) is 3. The third-order valence-corrected chi connectivity index (χ3v) is 4.13. The summed E-state index contributed by atoms with van der Waals surface area (Å²) in [7, 11) is 0.